The van der Waals surface area contributed by atoms with Crippen molar-refractivity contribution >= 4 is 12.4 Å². The van der Waals surface area contributed by atoms with Crippen LogP contribution >= 0.6 is 0 Å². The Morgan fingerprint density at radius 1 is 0.724 bits per heavy atom. The number of aromatic hydroxyl groups is 2. The SMILES string of the molecule is COc1ccc(O)c(/C=N/C(/N=C/c2cc(OC)ccc2O)c2ccccc2)c1. The Balaban J connectivity index is 1.94. The lowest BCUT2D eigenvalue weighted by Crippen LogP contribution is -1.96. The van der Waals surface area contributed by atoms with Crippen molar-refractivity contribution in [1.29, 1.82) is 0 Å². The highest BCUT2D eigenvalue weighted by Crippen LogP contribution is 2.25. The van der Waals surface area contributed by atoms with Gasteiger partial charge in [0.05, 0.1) is 14.2 Å². The molecule has 0 amide bonds. The van der Waals surface area contributed by atoms with Gasteiger partial charge in [0.2, 0.25) is 0 Å². The van der Waals surface area contributed by atoms with E-state index in [2.05, 4.69) is 9.98 Å². The van der Waals surface area contributed by atoms with Crippen molar-refractivity contribution in [1.82, 2.24) is 0 Å². The minimum Gasteiger partial charge on any atom is -0.507 e. The van der Waals surface area contributed by atoms with Crippen molar-refractivity contribution < 1.29 is 19.7 Å². The zero-order valence-electron chi connectivity index (χ0n) is 16.2. The Hall–Kier alpha value is -3.80. The van der Waals surface area contributed by atoms with E-state index in [0.29, 0.717) is 22.6 Å². The highest BCUT2D eigenvalue weighted by molar-refractivity contribution is 5.86. The van der Waals surface area contributed by atoms with E-state index in [1.54, 1.807) is 63.0 Å². The third kappa shape index (κ3) is 5.13. The molecule has 0 aliphatic heterocycles. The molecule has 29 heavy (non-hydrogen) atoms. The lowest BCUT2D eigenvalue weighted by Gasteiger charge is -2.09. The fourth-order valence-electron chi connectivity index (χ4n) is 2.66. The molecule has 0 aromatic heterocycles. The Morgan fingerprint density at radius 3 is 1.66 bits per heavy atom. The molecule has 0 aliphatic rings. The van der Waals surface area contributed by atoms with Gasteiger partial charge in [-0.1, -0.05) is 30.3 Å². The molecule has 3 rings (SSSR count). The van der Waals surface area contributed by atoms with Gasteiger partial charge < -0.3 is 19.7 Å². The van der Waals surface area contributed by atoms with Crippen LogP contribution in [0.5, 0.6) is 23.0 Å². The second kappa shape index (κ2) is 9.41. The molecular formula is C23H22N2O4. The fraction of sp³-hybridized carbons (Fsp3) is 0.130. The van der Waals surface area contributed by atoms with E-state index >= 15 is 0 Å². The maximum Gasteiger partial charge on any atom is 0.165 e. The topological polar surface area (TPSA) is 83.6 Å². The Labute approximate surface area is 169 Å². The number of rotatable bonds is 7. The zero-order chi connectivity index (χ0) is 20.6. The molecule has 3 aromatic rings. The summed E-state index contributed by atoms with van der Waals surface area (Å²) in [5.41, 5.74) is 1.90. The largest absolute Gasteiger partial charge is 0.507 e. The number of hydrogen-bond donors (Lipinski definition) is 2. The molecule has 0 aliphatic carbocycles. The molecule has 6 heteroatoms. The van der Waals surface area contributed by atoms with E-state index in [-0.39, 0.29) is 11.5 Å². The van der Waals surface area contributed by atoms with Crippen LogP contribution in [-0.4, -0.2) is 36.9 Å². The maximum absolute atomic E-state index is 10.1. The van der Waals surface area contributed by atoms with E-state index in [1.165, 1.54) is 0 Å². The average Bonchev–Trinajstić information content (AvgIpc) is 2.76. The second-order valence-electron chi connectivity index (χ2n) is 6.19. The molecule has 0 unspecified atom stereocenters. The van der Waals surface area contributed by atoms with Gasteiger partial charge in [0.15, 0.2) is 6.17 Å². The van der Waals surface area contributed by atoms with Crippen LogP contribution in [0.1, 0.15) is 22.9 Å². The minimum absolute atomic E-state index is 0.0933. The normalized spacial score (nSPS) is 11.4. The molecule has 0 bridgehead atoms. The number of phenols is 2. The van der Waals surface area contributed by atoms with Gasteiger partial charge in [-0.2, -0.15) is 0 Å². The lowest BCUT2D eigenvalue weighted by atomic mass is 10.1. The number of hydrogen-bond acceptors (Lipinski definition) is 6. The summed E-state index contributed by atoms with van der Waals surface area (Å²) in [6.45, 7) is 0. The summed E-state index contributed by atoms with van der Waals surface area (Å²) < 4.78 is 10.4. The minimum atomic E-state index is -0.563. The molecule has 3 aromatic carbocycles. The number of nitrogens with zero attached hydrogens (tertiary/aromatic N) is 2. The predicted octanol–water partition coefficient (Wildman–Crippen LogP) is 4.35. The molecule has 0 saturated carbocycles. The summed E-state index contributed by atoms with van der Waals surface area (Å²) in [6, 6.07) is 19.4. The highest BCUT2D eigenvalue weighted by Gasteiger charge is 2.09. The van der Waals surface area contributed by atoms with Crippen molar-refractivity contribution in [3.63, 3.8) is 0 Å². The first-order chi connectivity index (χ1) is 14.1. The quantitative estimate of drug-likeness (QED) is 0.588. The number of phenolic OH excluding ortho intramolecular Hbond substituents is 2. The number of methoxy groups -OCH3 is 2. The van der Waals surface area contributed by atoms with Crippen molar-refractivity contribution in [2.24, 2.45) is 9.98 Å². The van der Waals surface area contributed by atoms with Crippen molar-refractivity contribution in [3.8, 4) is 23.0 Å². The smallest absolute Gasteiger partial charge is 0.165 e. The van der Waals surface area contributed by atoms with Crippen LogP contribution in [0, 0.1) is 0 Å². The van der Waals surface area contributed by atoms with E-state index < -0.39 is 6.17 Å². The summed E-state index contributed by atoms with van der Waals surface area (Å²) in [4.78, 5) is 9.07. The van der Waals surface area contributed by atoms with E-state index in [1.807, 2.05) is 30.3 Å². The first-order valence-corrected chi connectivity index (χ1v) is 8.96. The summed E-state index contributed by atoms with van der Waals surface area (Å²) in [5, 5.41) is 20.2. The van der Waals surface area contributed by atoms with Gasteiger partial charge in [-0.05, 0) is 42.0 Å². The lowest BCUT2D eigenvalue weighted by molar-refractivity contribution is 0.412. The number of benzene rings is 3. The zero-order valence-corrected chi connectivity index (χ0v) is 16.2. The molecule has 0 heterocycles. The summed E-state index contributed by atoms with van der Waals surface area (Å²) >= 11 is 0. The third-order valence-electron chi connectivity index (χ3n) is 4.28. The second-order valence-corrected chi connectivity index (χ2v) is 6.19. The van der Waals surface area contributed by atoms with Crippen LogP contribution in [0.3, 0.4) is 0 Å². The van der Waals surface area contributed by atoms with E-state index in [0.717, 1.165) is 5.56 Å². The summed E-state index contributed by atoms with van der Waals surface area (Å²) in [7, 11) is 3.12. The monoisotopic (exact) mass is 390 g/mol. The van der Waals surface area contributed by atoms with Crippen LogP contribution in [0.25, 0.3) is 0 Å². The molecule has 0 spiro atoms. The molecule has 2 N–H and O–H groups in total. The summed E-state index contributed by atoms with van der Waals surface area (Å²) in [5.74, 6) is 1.42. The van der Waals surface area contributed by atoms with Crippen molar-refractivity contribution in [2.75, 3.05) is 14.2 Å². The summed E-state index contributed by atoms with van der Waals surface area (Å²) in [6.07, 6.45) is 2.55. The van der Waals surface area contributed by atoms with E-state index in [9.17, 15) is 10.2 Å². The molecule has 0 atom stereocenters. The van der Waals surface area contributed by atoms with Crippen LogP contribution in [0.4, 0.5) is 0 Å². The molecule has 148 valence electrons. The van der Waals surface area contributed by atoms with Gasteiger partial charge in [-0.3, -0.25) is 9.98 Å². The molecule has 0 radical (unpaired) electrons. The van der Waals surface area contributed by atoms with Gasteiger partial charge in [0.25, 0.3) is 0 Å². The first kappa shape index (κ1) is 19.9. The fourth-order valence-corrected chi connectivity index (χ4v) is 2.66. The molecular weight excluding hydrogens is 368 g/mol. The Morgan fingerprint density at radius 2 is 1.21 bits per heavy atom. The highest BCUT2D eigenvalue weighted by atomic mass is 16.5. The van der Waals surface area contributed by atoms with Gasteiger partial charge in [0, 0.05) is 23.6 Å². The van der Waals surface area contributed by atoms with Crippen LogP contribution in [-0.2, 0) is 0 Å². The van der Waals surface area contributed by atoms with Crippen molar-refractivity contribution in [3.05, 3.63) is 83.4 Å². The number of ether oxygens (including phenoxy) is 2. The maximum atomic E-state index is 10.1. The molecule has 6 nitrogen and oxygen atoms in total. The number of aliphatic imine (C=N–C) groups is 2. The van der Waals surface area contributed by atoms with Crippen LogP contribution < -0.4 is 9.47 Å². The third-order valence-corrected chi connectivity index (χ3v) is 4.28. The Kier molecular flexibility index (Phi) is 6.47. The first-order valence-electron chi connectivity index (χ1n) is 8.96. The van der Waals surface area contributed by atoms with Crippen LogP contribution in [0.2, 0.25) is 0 Å². The molecule has 0 fully saturated rings. The van der Waals surface area contributed by atoms with Gasteiger partial charge >= 0.3 is 0 Å². The van der Waals surface area contributed by atoms with Gasteiger partial charge in [-0.15, -0.1) is 0 Å². The van der Waals surface area contributed by atoms with Gasteiger partial charge in [0.1, 0.15) is 23.0 Å². The molecule has 0 saturated heterocycles. The van der Waals surface area contributed by atoms with Crippen molar-refractivity contribution in [2.45, 2.75) is 6.17 Å². The van der Waals surface area contributed by atoms with Gasteiger partial charge in [-0.25, -0.2) is 0 Å². The Bertz CT molecular complexity index is 953. The predicted molar refractivity (Wildman–Crippen MR) is 114 cm³/mol. The average molecular weight is 390 g/mol. The van der Waals surface area contributed by atoms with Crippen LogP contribution in [0.15, 0.2) is 76.7 Å². The van der Waals surface area contributed by atoms with E-state index in [4.69, 9.17) is 9.47 Å². The standard InChI is InChI=1S/C23H22N2O4/c1-28-19-8-10-21(26)17(12-19)14-24-23(16-6-4-3-5-7-16)25-15-18-13-20(29-2)9-11-22(18)27/h3-15,23,26-27H,1-2H3/b24-14+,25-15+.